The van der Waals surface area contributed by atoms with Gasteiger partial charge in [0.25, 0.3) is 5.91 Å². The highest BCUT2D eigenvalue weighted by Gasteiger charge is 2.26. The van der Waals surface area contributed by atoms with Crippen LogP contribution < -0.4 is 5.32 Å². The summed E-state index contributed by atoms with van der Waals surface area (Å²) in [5, 5.41) is 12.5. The van der Waals surface area contributed by atoms with Crippen LogP contribution in [0.3, 0.4) is 0 Å². The molecule has 1 fully saturated rings. The van der Waals surface area contributed by atoms with Crippen molar-refractivity contribution in [1.29, 1.82) is 0 Å². The summed E-state index contributed by atoms with van der Waals surface area (Å²) in [5.41, 5.74) is 0.132. The number of benzene rings is 1. The summed E-state index contributed by atoms with van der Waals surface area (Å²) >= 11 is 0. The van der Waals surface area contributed by atoms with Crippen molar-refractivity contribution in [2.24, 2.45) is 11.8 Å². The number of hydrogen-bond donors (Lipinski definition) is 2. The SMILES string of the molecule is CC1CCC(NC(=O)c2ccc(F)cc2O)CC1C. The number of phenolic OH excluding ortho intramolecular Hbond substituents is 1. The van der Waals surface area contributed by atoms with E-state index in [1.165, 1.54) is 12.1 Å². The standard InChI is InChI=1S/C15H20FNO2/c1-9-3-5-12(7-10(9)2)17-15(19)13-6-4-11(16)8-14(13)18/h4,6,8-10,12,18H,3,5,7H2,1-2H3,(H,17,19). The molecule has 0 heterocycles. The fourth-order valence-electron chi connectivity index (χ4n) is 2.64. The molecule has 0 aromatic heterocycles. The smallest absolute Gasteiger partial charge is 0.255 e. The minimum Gasteiger partial charge on any atom is -0.507 e. The fraction of sp³-hybridized carbons (Fsp3) is 0.533. The molecule has 0 radical (unpaired) electrons. The second-order valence-electron chi connectivity index (χ2n) is 5.60. The van der Waals surface area contributed by atoms with Crippen molar-refractivity contribution < 1.29 is 14.3 Å². The summed E-state index contributed by atoms with van der Waals surface area (Å²) in [6.45, 7) is 4.42. The van der Waals surface area contributed by atoms with Crippen molar-refractivity contribution in [3.8, 4) is 5.75 Å². The molecule has 19 heavy (non-hydrogen) atoms. The highest BCUT2D eigenvalue weighted by atomic mass is 19.1. The monoisotopic (exact) mass is 265 g/mol. The first-order valence-corrected chi connectivity index (χ1v) is 6.76. The van der Waals surface area contributed by atoms with Crippen molar-refractivity contribution in [1.82, 2.24) is 5.32 Å². The summed E-state index contributed by atoms with van der Waals surface area (Å²) in [7, 11) is 0. The van der Waals surface area contributed by atoms with Gasteiger partial charge in [-0.3, -0.25) is 4.79 Å². The Balaban J connectivity index is 2.01. The minimum absolute atomic E-state index is 0.132. The molecular formula is C15H20FNO2. The van der Waals surface area contributed by atoms with Crippen LogP contribution in [0.5, 0.6) is 5.75 Å². The fourth-order valence-corrected chi connectivity index (χ4v) is 2.64. The largest absolute Gasteiger partial charge is 0.507 e. The summed E-state index contributed by atoms with van der Waals surface area (Å²) in [5.74, 6) is 0.0846. The third-order valence-corrected chi connectivity index (χ3v) is 4.14. The number of amides is 1. The zero-order valence-electron chi connectivity index (χ0n) is 11.3. The van der Waals surface area contributed by atoms with Crippen LogP contribution in [0.4, 0.5) is 4.39 Å². The molecule has 1 saturated carbocycles. The third-order valence-electron chi connectivity index (χ3n) is 4.14. The maximum Gasteiger partial charge on any atom is 0.255 e. The van der Waals surface area contributed by atoms with Gasteiger partial charge in [-0.15, -0.1) is 0 Å². The van der Waals surface area contributed by atoms with E-state index in [1.54, 1.807) is 0 Å². The summed E-state index contributed by atoms with van der Waals surface area (Å²) in [4.78, 5) is 12.0. The number of carbonyl (C=O) groups excluding carboxylic acids is 1. The van der Waals surface area contributed by atoms with E-state index >= 15 is 0 Å². The lowest BCUT2D eigenvalue weighted by Gasteiger charge is -2.32. The average Bonchev–Trinajstić information content (AvgIpc) is 2.33. The van der Waals surface area contributed by atoms with Gasteiger partial charge >= 0.3 is 0 Å². The van der Waals surface area contributed by atoms with E-state index in [1.807, 2.05) is 0 Å². The molecule has 2 rings (SSSR count). The molecule has 0 aliphatic heterocycles. The van der Waals surface area contributed by atoms with E-state index in [0.717, 1.165) is 25.3 Å². The Hall–Kier alpha value is -1.58. The second-order valence-corrected chi connectivity index (χ2v) is 5.60. The Labute approximate surface area is 112 Å². The van der Waals surface area contributed by atoms with Gasteiger partial charge in [0.1, 0.15) is 11.6 Å². The van der Waals surface area contributed by atoms with Gasteiger partial charge in [0.15, 0.2) is 0 Å². The molecule has 0 bridgehead atoms. The molecule has 3 nitrogen and oxygen atoms in total. The van der Waals surface area contributed by atoms with Gasteiger partial charge in [-0.05, 0) is 43.2 Å². The van der Waals surface area contributed by atoms with Crippen molar-refractivity contribution in [3.63, 3.8) is 0 Å². The lowest BCUT2D eigenvalue weighted by Crippen LogP contribution is -2.39. The van der Waals surface area contributed by atoms with Crippen LogP contribution in [0.1, 0.15) is 43.5 Å². The van der Waals surface area contributed by atoms with Gasteiger partial charge in [0.05, 0.1) is 5.56 Å². The average molecular weight is 265 g/mol. The Morgan fingerprint density at radius 3 is 2.68 bits per heavy atom. The van der Waals surface area contributed by atoms with Crippen LogP contribution in [-0.4, -0.2) is 17.1 Å². The Bertz CT molecular complexity index is 475. The van der Waals surface area contributed by atoms with Crippen LogP contribution in [0, 0.1) is 17.7 Å². The third kappa shape index (κ3) is 3.25. The summed E-state index contributed by atoms with van der Waals surface area (Å²) in [6.07, 6.45) is 3.01. The van der Waals surface area contributed by atoms with Crippen LogP contribution >= 0.6 is 0 Å². The number of rotatable bonds is 2. The molecule has 0 saturated heterocycles. The molecular weight excluding hydrogens is 245 g/mol. The highest BCUT2D eigenvalue weighted by molar-refractivity contribution is 5.96. The van der Waals surface area contributed by atoms with Crippen molar-refractivity contribution in [2.75, 3.05) is 0 Å². The number of hydrogen-bond acceptors (Lipinski definition) is 2. The van der Waals surface area contributed by atoms with E-state index in [-0.39, 0.29) is 23.3 Å². The van der Waals surface area contributed by atoms with Gasteiger partial charge in [-0.1, -0.05) is 13.8 Å². The van der Waals surface area contributed by atoms with Gasteiger partial charge in [0, 0.05) is 12.1 Å². The van der Waals surface area contributed by atoms with Crippen molar-refractivity contribution in [2.45, 2.75) is 39.2 Å². The van der Waals surface area contributed by atoms with Crippen LogP contribution in [-0.2, 0) is 0 Å². The maximum absolute atomic E-state index is 12.9. The van der Waals surface area contributed by atoms with Crippen molar-refractivity contribution in [3.05, 3.63) is 29.6 Å². The molecule has 0 spiro atoms. The van der Waals surface area contributed by atoms with Gasteiger partial charge in [-0.2, -0.15) is 0 Å². The zero-order valence-corrected chi connectivity index (χ0v) is 11.3. The molecule has 1 aromatic rings. The lowest BCUT2D eigenvalue weighted by atomic mass is 9.79. The van der Waals surface area contributed by atoms with E-state index in [9.17, 15) is 14.3 Å². The number of phenols is 1. The highest BCUT2D eigenvalue weighted by Crippen LogP contribution is 2.29. The molecule has 3 atom stereocenters. The van der Waals surface area contributed by atoms with Crippen molar-refractivity contribution >= 4 is 5.91 Å². The molecule has 3 unspecified atom stereocenters. The van der Waals surface area contributed by atoms with E-state index in [0.29, 0.717) is 11.8 Å². The first kappa shape index (κ1) is 13.8. The second kappa shape index (κ2) is 5.59. The molecule has 2 N–H and O–H groups in total. The lowest BCUT2D eigenvalue weighted by molar-refractivity contribution is 0.0908. The van der Waals surface area contributed by atoms with Gasteiger partial charge in [0.2, 0.25) is 0 Å². The topological polar surface area (TPSA) is 49.3 Å². The molecule has 104 valence electrons. The molecule has 1 aromatic carbocycles. The summed E-state index contributed by atoms with van der Waals surface area (Å²) in [6, 6.07) is 3.60. The predicted octanol–water partition coefficient (Wildman–Crippen LogP) is 3.09. The number of aromatic hydroxyl groups is 1. The number of nitrogens with one attached hydrogen (secondary N) is 1. The maximum atomic E-state index is 12.9. The molecule has 1 aliphatic carbocycles. The molecule has 1 amide bonds. The Morgan fingerprint density at radius 2 is 2.05 bits per heavy atom. The van der Waals surface area contributed by atoms with E-state index in [2.05, 4.69) is 19.2 Å². The quantitative estimate of drug-likeness (QED) is 0.863. The first-order valence-electron chi connectivity index (χ1n) is 6.76. The van der Waals surface area contributed by atoms with E-state index in [4.69, 9.17) is 0 Å². The number of halogens is 1. The molecule has 1 aliphatic rings. The van der Waals surface area contributed by atoms with Gasteiger partial charge < -0.3 is 10.4 Å². The van der Waals surface area contributed by atoms with Crippen LogP contribution in [0.15, 0.2) is 18.2 Å². The molecule has 4 heteroatoms. The van der Waals surface area contributed by atoms with Gasteiger partial charge in [-0.25, -0.2) is 4.39 Å². The first-order chi connectivity index (χ1) is 8.97. The zero-order chi connectivity index (χ0) is 14.0. The van der Waals surface area contributed by atoms with Crippen LogP contribution in [0.25, 0.3) is 0 Å². The Kier molecular flexibility index (Phi) is 4.08. The summed E-state index contributed by atoms with van der Waals surface area (Å²) < 4.78 is 12.9. The van der Waals surface area contributed by atoms with E-state index < -0.39 is 5.82 Å². The van der Waals surface area contributed by atoms with Crippen LogP contribution in [0.2, 0.25) is 0 Å². The number of carbonyl (C=O) groups is 1. The Morgan fingerprint density at radius 1 is 1.32 bits per heavy atom. The minimum atomic E-state index is -0.547. The normalized spacial score (nSPS) is 27.0. The predicted molar refractivity (Wildman–Crippen MR) is 71.5 cm³/mol.